The Morgan fingerprint density at radius 1 is 1.42 bits per heavy atom. The molecule has 0 saturated carbocycles. The molecule has 0 unspecified atom stereocenters. The maximum atomic E-state index is 13.0. The van der Waals surface area contributed by atoms with Crippen molar-refractivity contribution in [2.45, 2.75) is 18.7 Å². The molecule has 0 fully saturated rings. The van der Waals surface area contributed by atoms with Gasteiger partial charge in [-0.1, -0.05) is 12.1 Å². The van der Waals surface area contributed by atoms with Crippen LogP contribution >= 0.6 is 0 Å². The van der Waals surface area contributed by atoms with Crippen molar-refractivity contribution in [3.8, 4) is 5.75 Å². The number of benzene rings is 1. The van der Waals surface area contributed by atoms with Gasteiger partial charge in [-0.3, -0.25) is 4.79 Å². The molecule has 0 spiro atoms. The molecular formula is C12H14F3NO3. The van der Waals surface area contributed by atoms with E-state index in [1.54, 1.807) is 6.92 Å². The number of carbonyl (C=O) groups is 1. The molecule has 1 aromatic rings. The van der Waals surface area contributed by atoms with Crippen molar-refractivity contribution in [2.75, 3.05) is 13.7 Å². The van der Waals surface area contributed by atoms with Gasteiger partial charge in [0.25, 0.3) is 11.5 Å². The largest absolute Gasteiger partial charge is 0.494 e. The number of hydrogen-bond acceptors (Lipinski definition) is 3. The third-order valence-electron chi connectivity index (χ3n) is 2.53. The van der Waals surface area contributed by atoms with Crippen LogP contribution in [0, 0.1) is 0 Å². The fraction of sp³-hybridized carbons (Fsp3) is 0.417. The van der Waals surface area contributed by atoms with Crippen molar-refractivity contribution < 1.29 is 27.8 Å². The van der Waals surface area contributed by atoms with Crippen LogP contribution in [0.1, 0.15) is 12.5 Å². The summed E-state index contributed by atoms with van der Waals surface area (Å²) in [7, 11) is 1.02. The van der Waals surface area contributed by atoms with Crippen molar-refractivity contribution in [3.05, 3.63) is 29.8 Å². The second-order valence-corrected chi connectivity index (χ2v) is 3.75. The first kappa shape index (κ1) is 15.3. The van der Waals surface area contributed by atoms with Gasteiger partial charge >= 0.3 is 6.18 Å². The molecule has 1 amide bonds. The zero-order valence-electron chi connectivity index (χ0n) is 10.4. The number of aliphatic hydroxyl groups is 1. The van der Waals surface area contributed by atoms with Crippen molar-refractivity contribution in [3.63, 3.8) is 0 Å². The average molecular weight is 277 g/mol. The molecule has 106 valence electrons. The number of likely N-dealkylation sites (N-methyl/N-ethyl adjacent to an activating group) is 1. The molecule has 0 aliphatic rings. The van der Waals surface area contributed by atoms with Crippen LogP contribution in [0.4, 0.5) is 13.2 Å². The Balaban J connectivity index is 3.34. The van der Waals surface area contributed by atoms with Crippen LogP contribution in [0.3, 0.4) is 0 Å². The number of rotatable bonds is 4. The van der Waals surface area contributed by atoms with E-state index in [0.717, 1.165) is 19.2 Å². The van der Waals surface area contributed by atoms with Gasteiger partial charge in [0.15, 0.2) is 0 Å². The van der Waals surface area contributed by atoms with E-state index in [0.29, 0.717) is 0 Å². The quantitative estimate of drug-likeness (QED) is 0.878. The predicted molar refractivity (Wildman–Crippen MR) is 61.6 cm³/mol. The molecule has 19 heavy (non-hydrogen) atoms. The van der Waals surface area contributed by atoms with E-state index in [1.807, 2.05) is 5.32 Å². The molecule has 1 aromatic carbocycles. The lowest BCUT2D eigenvalue weighted by Gasteiger charge is -2.29. The monoisotopic (exact) mass is 277 g/mol. The maximum Gasteiger partial charge on any atom is 0.430 e. The summed E-state index contributed by atoms with van der Waals surface area (Å²) in [6.07, 6.45) is -5.14. The average Bonchev–Trinajstić information content (AvgIpc) is 2.36. The highest BCUT2D eigenvalue weighted by atomic mass is 19.4. The summed E-state index contributed by atoms with van der Waals surface area (Å²) >= 11 is 0. The summed E-state index contributed by atoms with van der Waals surface area (Å²) in [5.41, 5.74) is -4.19. The standard InChI is InChI=1S/C12H14F3NO3/c1-3-19-9-6-4-5-8(7-9)11(18,10(17)16-2)12(13,14)15/h4-7,18H,3H2,1-2H3,(H,16,17)/t11-/m1/s1. The molecule has 0 bridgehead atoms. The maximum absolute atomic E-state index is 13.0. The Hall–Kier alpha value is -1.76. The number of halogens is 3. The van der Waals surface area contributed by atoms with Crippen molar-refractivity contribution in [1.82, 2.24) is 5.32 Å². The van der Waals surface area contributed by atoms with Crippen LogP contribution in [0.15, 0.2) is 24.3 Å². The van der Waals surface area contributed by atoms with Gasteiger partial charge in [-0.05, 0) is 19.1 Å². The minimum atomic E-state index is -5.14. The van der Waals surface area contributed by atoms with E-state index >= 15 is 0 Å². The second-order valence-electron chi connectivity index (χ2n) is 3.75. The summed E-state index contributed by atoms with van der Waals surface area (Å²) < 4.78 is 44.0. The smallest absolute Gasteiger partial charge is 0.430 e. The van der Waals surface area contributed by atoms with E-state index < -0.39 is 23.2 Å². The highest BCUT2D eigenvalue weighted by Crippen LogP contribution is 2.40. The van der Waals surface area contributed by atoms with E-state index in [-0.39, 0.29) is 12.4 Å². The van der Waals surface area contributed by atoms with E-state index in [1.165, 1.54) is 12.1 Å². The van der Waals surface area contributed by atoms with Crippen LogP contribution in [-0.2, 0) is 10.4 Å². The summed E-state index contributed by atoms with van der Waals surface area (Å²) in [6, 6.07) is 4.73. The van der Waals surface area contributed by atoms with Gasteiger partial charge < -0.3 is 15.2 Å². The molecule has 0 saturated heterocycles. The fourth-order valence-corrected chi connectivity index (χ4v) is 1.58. The van der Waals surface area contributed by atoms with Crippen LogP contribution in [-0.4, -0.2) is 30.8 Å². The molecule has 0 aliphatic heterocycles. The van der Waals surface area contributed by atoms with Gasteiger partial charge in [0, 0.05) is 12.6 Å². The first-order valence-corrected chi connectivity index (χ1v) is 5.52. The molecule has 4 nitrogen and oxygen atoms in total. The Morgan fingerprint density at radius 2 is 2.05 bits per heavy atom. The Morgan fingerprint density at radius 3 is 2.53 bits per heavy atom. The molecule has 0 aliphatic carbocycles. The van der Waals surface area contributed by atoms with Crippen molar-refractivity contribution >= 4 is 5.91 Å². The Kier molecular flexibility index (Phi) is 4.41. The van der Waals surface area contributed by atoms with E-state index in [4.69, 9.17) is 4.74 Å². The Bertz CT molecular complexity index is 462. The lowest BCUT2D eigenvalue weighted by molar-refractivity contribution is -0.256. The molecule has 2 N–H and O–H groups in total. The zero-order valence-corrected chi connectivity index (χ0v) is 10.4. The highest BCUT2D eigenvalue weighted by Gasteiger charge is 2.60. The van der Waals surface area contributed by atoms with Gasteiger partial charge in [-0.25, -0.2) is 0 Å². The van der Waals surface area contributed by atoms with Crippen LogP contribution in [0.5, 0.6) is 5.75 Å². The first-order valence-electron chi connectivity index (χ1n) is 5.52. The summed E-state index contributed by atoms with van der Waals surface area (Å²) in [6.45, 7) is 1.93. The third-order valence-corrected chi connectivity index (χ3v) is 2.53. The zero-order chi connectivity index (χ0) is 14.7. The Labute approximate surface area is 108 Å². The minimum Gasteiger partial charge on any atom is -0.494 e. The molecule has 7 heteroatoms. The topological polar surface area (TPSA) is 58.6 Å². The lowest BCUT2D eigenvalue weighted by Crippen LogP contribution is -2.53. The second kappa shape index (κ2) is 5.48. The molecule has 1 atom stereocenters. The van der Waals surface area contributed by atoms with Crippen LogP contribution in [0.2, 0.25) is 0 Å². The number of ether oxygens (including phenoxy) is 1. The first-order chi connectivity index (χ1) is 8.77. The summed E-state index contributed by atoms with van der Waals surface area (Å²) in [5, 5.41) is 11.6. The number of hydrogen-bond donors (Lipinski definition) is 2. The molecule has 1 rings (SSSR count). The van der Waals surface area contributed by atoms with Gasteiger partial charge in [0.2, 0.25) is 0 Å². The molecular weight excluding hydrogens is 263 g/mol. The van der Waals surface area contributed by atoms with E-state index in [9.17, 15) is 23.1 Å². The third kappa shape index (κ3) is 2.81. The van der Waals surface area contributed by atoms with Crippen molar-refractivity contribution in [1.29, 1.82) is 0 Å². The van der Waals surface area contributed by atoms with Crippen molar-refractivity contribution in [2.24, 2.45) is 0 Å². The van der Waals surface area contributed by atoms with Gasteiger partial charge in [-0.15, -0.1) is 0 Å². The molecule has 0 aromatic heterocycles. The predicted octanol–water partition coefficient (Wildman–Crippen LogP) is 1.58. The van der Waals surface area contributed by atoms with Gasteiger partial charge in [0.1, 0.15) is 5.75 Å². The SMILES string of the molecule is CCOc1cccc([C@@](O)(C(=O)NC)C(F)(F)F)c1. The molecule has 0 heterocycles. The molecule has 0 radical (unpaired) electrons. The van der Waals surface area contributed by atoms with Crippen LogP contribution in [0.25, 0.3) is 0 Å². The number of nitrogens with one attached hydrogen (secondary N) is 1. The minimum absolute atomic E-state index is 0.145. The number of amides is 1. The van der Waals surface area contributed by atoms with Gasteiger partial charge in [0.05, 0.1) is 6.61 Å². The lowest BCUT2D eigenvalue weighted by atomic mass is 9.92. The van der Waals surface area contributed by atoms with Gasteiger partial charge in [-0.2, -0.15) is 13.2 Å². The van der Waals surface area contributed by atoms with E-state index in [2.05, 4.69) is 0 Å². The summed E-state index contributed by atoms with van der Waals surface area (Å²) in [4.78, 5) is 11.4. The fourth-order valence-electron chi connectivity index (χ4n) is 1.58. The highest BCUT2D eigenvalue weighted by molar-refractivity contribution is 5.87. The number of carbonyl (C=O) groups excluding carboxylic acids is 1. The van der Waals surface area contributed by atoms with Crippen LogP contribution < -0.4 is 10.1 Å². The normalized spacial score (nSPS) is 14.6. The summed E-state index contributed by atoms with van der Waals surface area (Å²) in [5.74, 6) is -1.40. The number of alkyl halides is 3.